The highest BCUT2D eigenvalue weighted by Crippen LogP contribution is 2.39. The van der Waals surface area contributed by atoms with Crippen LogP contribution in [0.25, 0.3) is 0 Å². The van der Waals surface area contributed by atoms with Crippen LogP contribution in [0, 0.1) is 17.8 Å². The minimum Gasteiger partial charge on any atom is -0.377 e. The molecule has 0 aliphatic heterocycles. The van der Waals surface area contributed by atoms with Crippen LogP contribution < -0.4 is 5.32 Å². The van der Waals surface area contributed by atoms with Crippen LogP contribution in [0.1, 0.15) is 44.6 Å². The van der Waals surface area contributed by atoms with Crippen LogP contribution in [0.4, 0.5) is 0 Å². The van der Waals surface area contributed by atoms with Crippen LogP contribution in [0.3, 0.4) is 0 Å². The average Bonchev–Trinajstić information content (AvgIpc) is 2.65. The summed E-state index contributed by atoms with van der Waals surface area (Å²) < 4.78 is 0. The van der Waals surface area contributed by atoms with Gasteiger partial charge >= 0.3 is 0 Å². The predicted molar refractivity (Wildman–Crippen MR) is 97.4 cm³/mol. The van der Waals surface area contributed by atoms with Crippen molar-refractivity contribution in [1.82, 2.24) is 5.32 Å². The molecule has 0 amide bonds. The van der Waals surface area contributed by atoms with Gasteiger partial charge in [-0.3, -0.25) is 4.79 Å². The van der Waals surface area contributed by atoms with E-state index in [1.807, 2.05) is 37.3 Å². The standard InChI is InChI=1S/C21H27NO2/c1-2-22-17-11-5-10-16-20(23)21(24,18-12-6-3-7-13-18)19-14-8-4-9-15-19/h3-4,6-8,12-13,19,22,24H,2,9-10,14-17H2,1H3. The molecule has 1 aromatic rings. The zero-order valence-corrected chi connectivity index (χ0v) is 14.4. The Kier molecular flexibility index (Phi) is 7.24. The maximum Gasteiger partial charge on any atom is 0.170 e. The Balaban J connectivity index is 2.11. The monoisotopic (exact) mass is 325 g/mol. The van der Waals surface area contributed by atoms with Crippen molar-refractivity contribution in [3.8, 4) is 11.8 Å². The summed E-state index contributed by atoms with van der Waals surface area (Å²) >= 11 is 0. The van der Waals surface area contributed by atoms with Gasteiger partial charge in [0, 0.05) is 18.8 Å². The molecule has 0 saturated carbocycles. The Hall–Kier alpha value is -1.89. The maximum atomic E-state index is 12.9. The summed E-state index contributed by atoms with van der Waals surface area (Å²) in [4.78, 5) is 12.9. The number of ketones is 1. The zero-order chi connectivity index (χ0) is 17.3. The number of Topliss-reactive ketones (excluding diaryl/α,β-unsaturated/α-hetero) is 1. The second-order valence-corrected chi connectivity index (χ2v) is 6.17. The van der Waals surface area contributed by atoms with Gasteiger partial charge in [-0.05, 0) is 31.4 Å². The average molecular weight is 325 g/mol. The molecule has 2 unspecified atom stereocenters. The van der Waals surface area contributed by atoms with Crippen LogP contribution in [-0.4, -0.2) is 24.0 Å². The summed E-state index contributed by atoms with van der Waals surface area (Å²) in [6.07, 6.45) is 7.45. The molecule has 1 aliphatic rings. The molecule has 24 heavy (non-hydrogen) atoms. The molecule has 1 aromatic carbocycles. The molecule has 2 N–H and O–H groups in total. The summed E-state index contributed by atoms with van der Waals surface area (Å²) in [6, 6.07) is 9.37. The topological polar surface area (TPSA) is 49.3 Å². The second-order valence-electron chi connectivity index (χ2n) is 6.17. The van der Waals surface area contributed by atoms with Gasteiger partial charge in [0.1, 0.15) is 0 Å². The first kappa shape index (κ1) is 18.4. The lowest BCUT2D eigenvalue weighted by atomic mass is 9.72. The van der Waals surface area contributed by atoms with Gasteiger partial charge in [-0.2, -0.15) is 0 Å². The van der Waals surface area contributed by atoms with E-state index in [1.165, 1.54) is 0 Å². The number of rotatable bonds is 7. The molecule has 2 atom stereocenters. The van der Waals surface area contributed by atoms with Crippen LogP contribution >= 0.6 is 0 Å². The van der Waals surface area contributed by atoms with Crippen molar-refractivity contribution in [3.63, 3.8) is 0 Å². The van der Waals surface area contributed by atoms with Crippen molar-refractivity contribution in [2.45, 2.75) is 44.6 Å². The fourth-order valence-electron chi connectivity index (χ4n) is 3.19. The number of benzene rings is 1. The Morgan fingerprint density at radius 2 is 2.08 bits per heavy atom. The maximum absolute atomic E-state index is 12.9. The molecule has 0 saturated heterocycles. The van der Waals surface area contributed by atoms with Crippen LogP contribution in [0.15, 0.2) is 42.5 Å². The lowest BCUT2D eigenvalue weighted by Crippen LogP contribution is -2.43. The molecule has 0 spiro atoms. The van der Waals surface area contributed by atoms with Gasteiger partial charge in [-0.1, -0.05) is 55.3 Å². The molecule has 128 valence electrons. The number of allylic oxidation sites excluding steroid dienone is 2. The van der Waals surface area contributed by atoms with Crippen LogP contribution in [0.5, 0.6) is 0 Å². The highest BCUT2D eigenvalue weighted by Gasteiger charge is 2.43. The third-order valence-electron chi connectivity index (χ3n) is 4.56. The molecule has 2 rings (SSSR count). The molecule has 0 heterocycles. The first-order valence-corrected chi connectivity index (χ1v) is 8.82. The lowest BCUT2D eigenvalue weighted by molar-refractivity contribution is -0.145. The smallest absolute Gasteiger partial charge is 0.170 e. The summed E-state index contributed by atoms with van der Waals surface area (Å²) in [5, 5.41) is 14.5. The van der Waals surface area contributed by atoms with Crippen molar-refractivity contribution < 1.29 is 9.90 Å². The minimum atomic E-state index is -1.41. The van der Waals surface area contributed by atoms with E-state index >= 15 is 0 Å². The molecule has 0 aromatic heterocycles. The fraction of sp³-hybridized carbons (Fsp3) is 0.476. The van der Waals surface area contributed by atoms with E-state index in [2.05, 4.69) is 29.3 Å². The molecule has 0 radical (unpaired) electrons. The van der Waals surface area contributed by atoms with Gasteiger partial charge in [-0.15, -0.1) is 5.92 Å². The summed E-state index contributed by atoms with van der Waals surface area (Å²) in [6.45, 7) is 3.56. The van der Waals surface area contributed by atoms with Gasteiger partial charge in [0.25, 0.3) is 0 Å². The van der Waals surface area contributed by atoms with Crippen molar-refractivity contribution in [1.29, 1.82) is 0 Å². The molecule has 1 aliphatic carbocycles. The number of nitrogens with one attached hydrogen (secondary N) is 1. The van der Waals surface area contributed by atoms with Crippen molar-refractivity contribution in [2.24, 2.45) is 5.92 Å². The molecule has 0 bridgehead atoms. The number of carbonyl (C=O) groups excluding carboxylic acids is 1. The summed E-state index contributed by atoms with van der Waals surface area (Å²) in [7, 11) is 0. The molecule has 3 nitrogen and oxygen atoms in total. The van der Waals surface area contributed by atoms with E-state index in [1.54, 1.807) is 0 Å². The molecule has 0 fully saturated rings. The number of aliphatic hydroxyl groups is 1. The van der Waals surface area contributed by atoms with Gasteiger partial charge in [-0.25, -0.2) is 0 Å². The quantitative estimate of drug-likeness (QED) is 0.460. The second kappa shape index (κ2) is 9.42. The minimum absolute atomic E-state index is 0.0629. The first-order chi connectivity index (χ1) is 11.7. The molecular weight excluding hydrogens is 298 g/mol. The van der Waals surface area contributed by atoms with Crippen LogP contribution in [0.2, 0.25) is 0 Å². The van der Waals surface area contributed by atoms with E-state index in [0.717, 1.165) is 25.8 Å². The number of hydrogen-bond acceptors (Lipinski definition) is 3. The van der Waals surface area contributed by atoms with Crippen LogP contribution in [-0.2, 0) is 10.4 Å². The highest BCUT2D eigenvalue weighted by molar-refractivity contribution is 5.89. The van der Waals surface area contributed by atoms with E-state index in [9.17, 15) is 9.90 Å². The van der Waals surface area contributed by atoms with Gasteiger partial charge in [0.05, 0.1) is 6.54 Å². The molecular formula is C21H27NO2. The van der Waals surface area contributed by atoms with Gasteiger partial charge in [0.2, 0.25) is 0 Å². The molecule has 3 heteroatoms. The van der Waals surface area contributed by atoms with E-state index in [-0.39, 0.29) is 18.1 Å². The van der Waals surface area contributed by atoms with Crippen molar-refractivity contribution in [2.75, 3.05) is 13.1 Å². The SMILES string of the molecule is CCNCC#CCCC(=O)C(O)(c1ccccc1)C1CC=CCC1. The number of hydrogen-bond donors (Lipinski definition) is 2. The zero-order valence-electron chi connectivity index (χ0n) is 14.4. The Labute approximate surface area is 145 Å². The van der Waals surface area contributed by atoms with Crippen molar-refractivity contribution >= 4 is 5.78 Å². The predicted octanol–water partition coefficient (Wildman–Crippen LogP) is 3.19. The largest absolute Gasteiger partial charge is 0.377 e. The normalized spacial score (nSPS) is 19.2. The Morgan fingerprint density at radius 1 is 1.29 bits per heavy atom. The number of carbonyl (C=O) groups is 1. The fourth-order valence-corrected chi connectivity index (χ4v) is 3.19. The first-order valence-electron chi connectivity index (χ1n) is 8.82. The summed E-state index contributed by atoms with van der Waals surface area (Å²) in [5.74, 6) is 5.84. The van der Waals surface area contributed by atoms with Gasteiger partial charge in [0.15, 0.2) is 11.4 Å². The highest BCUT2D eigenvalue weighted by atomic mass is 16.3. The summed E-state index contributed by atoms with van der Waals surface area (Å²) in [5.41, 5.74) is -0.703. The lowest BCUT2D eigenvalue weighted by Gasteiger charge is -2.36. The third kappa shape index (κ3) is 4.56. The van der Waals surface area contributed by atoms with E-state index < -0.39 is 5.60 Å². The van der Waals surface area contributed by atoms with Gasteiger partial charge < -0.3 is 10.4 Å². The van der Waals surface area contributed by atoms with E-state index in [4.69, 9.17) is 0 Å². The van der Waals surface area contributed by atoms with Crippen molar-refractivity contribution in [3.05, 3.63) is 48.0 Å². The Bertz CT molecular complexity index is 612. The Morgan fingerprint density at radius 3 is 2.75 bits per heavy atom. The van der Waals surface area contributed by atoms with E-state index in [0.29, 0.717) is 18.5 Å². The third-order valence-corrected chi connectivity index (χ3v) is 4.56.